The summed E-state index contributed by atoms with van der Waals surface area (Å²) in [6.45, 7) is 3.98. The van der Waals surface area contributed by atoms with Crippen molar-refractivity contribution in [1.82, 2.24) is 10.3 Å². The van der Waals surface area contributed by atoms with Gasteiger partial charge in [-0.3, -0.25) is 4.79 Å². The van der Waals surface area contributed by atoms with Crippen LogP contribution in [-0.2, 0) is 9.53 Å². The van der Waals surface area contributed by atoms with Crippen molar-refractivity contribution in [2.45, 2.75) is 26.3 Å². The van der Waals surface area contributed by atoms with Crippen LogP contribution in [0.4, 0.5) is 0 Å². The lowest BCUT2D eigenvalue weighted by Crippen LogP contribution is -2.42. The summed E-state index contributed by atoms with van der Waals surface area (Å²) in [6.07, 6.45) is 2.17. The van der Waals surface area contributed by atoms with Crippen LogP contribution in [0, 0.1) is 5.92 Å². The summed E-state index contributed by atoms with van der Waals surface area (Å²) in [5.41, 5.74) is 1.33. The van der Waals surface area contributed by atoms with Crippen molar-refractivity contribution in [2.24, 2.45) is 5.92 Å². The van der Waals surface area contributed by atoms with E-state index in [4.69, 9.17) is 4.74 Å². The van der Waals surface area contributed by atoms with E-state index in [1.54, 1.807) is 6.20 Å². The number of benzene rings is 1. The molecule has 124 valence electrons. The molecule has 5 nitrogen and oxygen atoms in total. The average Bonchev–Trinajstić information content (AvgIpc) is 2.88. The first-order valence-corrected chi connectivity index (χ1v) is 8.77. The molecule has 0 saturated heterocycles. The number of carbonyl (C=O) groups excluding carboxylic acids is 2. The molecular formula is C16H18Br2N2O3. The Balaban J connectivity index is 2.29. The minimum absolute atomic E-state index is 0.257. The van der Waals surface area contributed by atoms with Gasteiger partial charge < -0.3 is 15.0 Å². The molecule has 2 aromatic rings. The molecule has 0 bridgehead atoms. The normalized spacial score (nSPS) is 12.4. The number of aromatic amines is 1. The number of amides is 1. The lowest BCUT2D eigenvalue weighted by atomic mass is 10.0. The maximum atomic E-state index is 12.6. The number of fused-ring (bicyclic) bond motifs is 1. The van der Waals surface area contributed by atoms with Gasteiger partial charge in [-0.1, -0.05) is 13.8 Å². The van der Waals surface area contributed by atoms with Gasteiger partial charge in [0.2, 0.25) is 0 Å². The molecule has 1 amide bonds. The van der Waals surface area contributed by atoms with Crippen LogP contribution in [0.2, 0.25) is 0 Å². The monoisotopic (exact) mass is 444 g/mol. The fourth-order valence-corrected chi connectivity index (χ4v) is 3.06. The van der Waals surface area contributed by atoms with Crippen molar-refractivity contribution >= 4 is 54.6 Å². The Morgan fingerprint density at radius 2 is 1.91 bits per heavy atom. The van der Waals surface area contributed by atoms with Crippen LogP contribution >= 0.6 is 31.9 Å². The van der Waals surface area contributed by atoms with Gasteiger partial charge in [-0.15, -0.1) is 0 Å². The zero-order valence-electron chi connectivity index (χ0n) is 13.1. The lowest BCUT2D eigenvalue weighted by Gasteiger charge is -2.18. The summed E-state index contributed by atoms with van der Waals surface area (Å²) < 4.78 is 6.53. The van der Waals surface area contributed by atoms with Crippen molar-refractivity contribution < 1.29 is 14.3 Å². The largest absolute Gasteiger partial charge is 0.467 e. The van der Waals surface area contributed by atoms with Gasteiger partial charge in [0.05, 0.1) is 12.7 Å². The molecule has 0 spiro atoms. The fourth-order valence-electron chi connectivity index (χ4n) is 2.37. The van der Waals surface area contributed by atoms with Crippen LogP contribution in [0.15, 0.2) is 27.3 Å². The number of aromatic nitrogens is 1. The quantitative estimate of drug-likeness (QED) is 0.683. The molecule has 0 saturated carbocycles. The van der Waals surface area contributed by atoms with Gasteiger partial charge in [0.25, 0.3) is 5.91 Å². The van der Waals surface area contributed by atoms with Crippen LogP contribution < -0.4 is 5.32 Å². The molecule has 1 atom stereocenters. The minimum Gasteiger partial charge on any atom is -0.467 e. The van der Waals surface area contributed by atoms with Crippen LogP contribution in [0.1, 0.15) is 30.6 Å². The van der Waals surface area contributed by atoms with Crippen LogP contribution in [0.3, 0.4) is 0 Å². The van der Waals surface area contributed by atoms with Gasteiger partial charge in [-0.2, -0.15) is 0 Å². The van der Waals surface area contributed by atoms with E-state index in [2.05, 4.69) is 42.2 Å². The highest BCUT2D eigenvalue weighted by atomic mass is 79.9. The summed E-state index contributed by atoms with van der Waals surface area (Å²) in [4.78, 5) is 27.5. The van der Waals surface area contributed by atoms with E-state index in [-0.39, 0.29) is 11.8 Å². The standard InChI is InChI=1S/C16H18Br2N2O3/c1-8(2)4-14(16(22)23-3)20-15(21)10-7-19-13-6-12(18)11(17)5-9(10)13/h5-8,14,19H,4H2,1-3H3,(H,20,21). The van der Waals surface area contributed by atoms with Crippen molar-refractivity contribution in [3.05, 3.63) is 32.8 Å². The van der Waals surface area contributed by atoms with Crippen LogP contribution in [0.25, 0.3) is 10.9 Å². The maximum absolute atomic E-state index is 12.6. The first kappa shape index (κ1) is 18.0. The number of esters is 1. The Hall–Kier alpha value is -1.34. The molecule has 2 rings (SSSR count). The third-order valence-electron chi connectivity index (χ3n) is 3.47. The average molecular weight is 446 g/mol. The molecule has 23 heavy (non-hydrogen) atoms. The van der Waals surface area contributed by atoms with Crippen LogP contribution in [0.5, 0.6) is 0 Å². The number of H-pyrrole nitrogens is 1. The van der Waals surface area contributed by atoms with Crippen molar-refractivity contribution in [1.29, 1.82) is 0 Å². The second kappa shape index (κ2) is 7.49. The molecule has 7 heteroatoms. The molecule has 0 aliphatic rings. The molecule has 0 aliphatic heterocycles. The second-order valence-corrected chi connectivity index (χ2v) is 7.40. The molecule has 0 fully saturated rings. The Bertz CT molecular complexity index is 740. The topological polar surface area (TPSA) is 71.2 Å². The van der Waals surface area contributed by atoms with Gasteiger partial charge in [-0.05, 0) is 56.3 Å². The fraction of sp³-hybridized carbons (Fsp3) is 0.375. The molecular weight excluding hydrogens is 428 g/mol. The number of nitrogens with one attached hydrogen (secondary N) is 2. The van der Waals surface area contributed by atoms with E-state index in [0.29, 0.717) is 12.0 Å². The number of rotatable bonds is 5. The number of halogens is 2. The number of hydrogen-bond acceptors (Lipinski definition) is 3. The highest BCUT2D eigenvalue weighted by Gasteiger charge is 2.24. The van der Waals surface area contributed by atoms with Crippen molar-refractivity contribution in [3.63, 3.8) is 0 Å². The smallest absolute Gasteiger partial charge is 0.328 e. The molecule has 0 aliphatic carbocycles. The summed E-state index contributed by atoms with van der Waals surface area (Å²) in [7, 11) is 1.32. The number of ether oxygens (including phenoxy) is 1. The van der Waals surface area contributed by atoms with Crippen LogP contribution in [-0.4, -0.2) is 30.0 Å². The van der Waals surface area contributed by atoms with E-state index in [1.165, 1.54) is 7.11 Å². The highest BCUT2D eigenvalue weighted by molar-refractivity contribution is 9.13. The predicted molar refractivity (Wildman–Crippen MR) is 96.4 cm³/mol. The molecule has 2 N–H and O–H groups in total. The molecule has 1 unspecified atom stereocenters. The Morgan fingerprint density at radius 3 is 2.52 bits per heavy atom. The van der Waals surface area contributed by atoms with Crippen molar-refractivity contribution in [3.8, 4) is 0 Å². The van der Waals surface area contributed by atoms with Gasteiger partial charge in [-0.25, -0.2) is 4.79 Å². The van der Waals surface area contributed by atoms with Gasteiger partial charge in [0.15, 0.2) is 0 Å². The number of carbonyl (C=O) groups is 2. The molecule has 1 aromatic carbocycles. The predicted octanol–water partition coefficient (Wildman–Crippen LogP) is 4.01. The summed E-state index contributed by atoms with van der Waals surface area (Å²) in [5.74, 6) is -0.482. The first-order chi connectivity index (χ1) is 10.8. The zero-order chi connectivity index (χ0) is 17.1. The Labute approximate surface area is 151 Å². The second-order valence-electron chi connectivity index (χ2n) is 5.69. The zero-order valence-corrected chi connectivity index (χ0v) is 16.2. The van der Waals surface area contributed by atoms with E-state index in [1.807, 2.05) is 26.0 Å². The molecule has 0 radical (unpaired) electrons. The molecule has 1 heterocycles. The van der Waals surface area contributed by atoms with Gasteiger partial charge >= 0.3 is 5.97 Å². The Morgan fingerprint density at radius 1 is 1.26 bits per heavy atom. The highest BCUT2D eigenvalue weighted by Crippen LogP contribution is 2.30. The SMILES string of the molecule is COC(=O)C(CC(C)C)NC(=O)c1c[nH]c2cc(Br)c(Br)cc12. The van der Waals surface area contributed by atoms with Crippen molar-refractivity contribution in [2.75, 3.05) is 7.11 Å². The van der Waals surface area contributed by atoms with Gasteiger partial charge in [0.1, 0.15) is 6.04 Å². The van der Waals surface area contributed by atoms with E-state index >= 15 is 0 Å². The third-order valence-corrected chi connectivity index (χ3v) is 5.31. The lowest BCUT2D eigenvalue weighted by molar-refractivity contribution is -0.143. The summed E-state index contributed by atoms with van der Waals surface area (Å²) >= 11 is 6.87. The van der Waals surface area contributed by atoms with E-state index in [0.717, 1.165) is 19.8 Å². The summed E-state index contributed by atoms with van der Waals surface area (Å²) in [5, 5.41) is 3.55. The van der Waals surface area contributed by atoms with Gasteiger partial charge in [0, 0.05) is 26.0 Å². The minimum atomic E-state index is -0.656. The molecule has 1 aromatic heterocycles. The first-order valence-electron chi connectivity index (χ1n) is 7.18. The Kier molecular flexibility index (Phi) is 5.86. The number of methoxy groups -OCH3 is 1. The number of hydrogen-bond donors (Lipinski definition) is 2. The van der Waals surface area contributed by atoms with E-state index in [9.17, 15) is 9.59 Å². The maximum Gasteiger partial charge on any atom is 0.328 e. The summed E-state index contributed by atoms with van der Waals surface area (Å²) in [6, 6.07) is 3.10. The van der Waals surface area contributed by atoms with E-state index < -0.39 is 12.0 Å². The third kappa shape index (κ3) is 4.14.